The van der Waals surface area contributed by atoms with Gasteiger partial charge in [-0.25, -0.2) is 8.78 Å². The van der Waals surface area contributed by atoms with Gasteiger partial charge in [-0.3, -0.25) is 0 Å². The average Bonchev–Trinajstić information content (AvgIpc) is 2.58. The summed E-state index contributed by atoms with van der Waals surface area (Å²) in [7, 11) is 0. The Morgan fingerprint density at radius 2 is 1.70 bits per heavy atom. The van der Waals surface area contributed by atoms with Crippen molar-refractivity contribution in [3.63, 3.8) is 0 Å². The Hall–Kier alpha value is -2.72. The molecule has 0 radical (unpaired) electrons. The number of hydrogen-bond acceptors (Lipinski definition) is 2. The molecule has 2 nitrogen and oxygen atoms in total. The van der Waals surface area contributed by atoms with Crippen LogP contribution in [0.15, 0.2) is 30.3 Å². The van der Waals surface area contributed by atoms with E-state index < -0.39 is 11.6 Å². The molecule has 0 saturated carbocycles. The van der Waals surface area contributed by atoms with Crippen LogP contribution in [-0.2, 0) is 6.42 Å². The molecule has 2 aromatic carbocycles. The van der Waals surface area contributed by atoms with Crippen LogP contribution in [0.5, 0.6) is 0 Å². The highest BCUT2D eigenvalue weighted by atomic mass is 19.2. The number of nitrogens with zero attached hydrogens (tertiary/aromatic N) is 2. The fourth-order valence-corrected chi connectivity index (χ4v) is 2.55. The quantitative estimate of drug-likeness (QED) is 0.721. The molecule has 116 valence electrons. The third-order valence-electron chi connectivity index (χ3n) is 3.80. The van der Waals surface area contributed by atoms with E-state index in [0.29, 0.717) is 12.0 Å². The van der Waals surface area contributed by atoms with E-state index in [2.05, 4.69) is 0 Å². The van der Waals surface area contributed by atoms with Crippen LogP contribution in [0.4, 0.5) is 8.78 Å². The number of benzene rings is 2. The van der Waals surface area contributed by atoms with Gasteiger partial charge in [-0.2, -0.15) is 10.5 Å². The number of aryl methyl sites for hydroxylation is 1. The minimum Gasteiger partial charge on any atom is -0.203 e. The topological polar surface area (TPSA) is 47.6 Å². The third-order valence-corrected chi connectivity index (χ3v) is 3.80. The van der Waals surface area contributed by atoms with Gasteiger partial charge in [-0.15, -0.1) is 0 Å². The maximum Gasteiger partial charge on any atom is 0.166 e. The highest BCUT2D eigenvalue weighted by Crippen LogP contribution is 2.30. The maximum atomic E-state index is 14.4. The SMILES string of the molecule is CCCCCc1ccc(-c2cccc(C#N)c2C#N)c(F)c1F. The van der Waals surface area contributed by atoms with Gasteiger partial charge >= 0.3 is 0 Å². The van der Waals surface area contributed by atoms with Crippen LogP contribution in [0.25, 0.3) is 11.1 Å². The Balaban J connectivity index is 2.49. The Morgan fingerprint density at radius 3 is 2.35 bits per heavy atom. The second-order valence-corrected chi connectivity index (χ2v) is 5.31. The molecule has 0 saturated heterocycles. The van der Waals surface area contributed by atoms with Crippen LogP contribution in [0.2, 0.25) is 0 Å². The summed E-state index contributed by atoms with van der Waals surface area (Å²) in [4.78, 5) is 0. The summed E-state index contributed by atoms with van der Waals surface area (Å²) in [6, 6.07) is 11.4. The van der Waals surface area contributed by atoms with Crippen molar-refractivity contribution in [1.82, 2.24) is 0 Å². The summed E-state index contributed by atoms with van der Waals surface area (Å²) in [6.07, 6.45) is 3.26. The van der Waals surface area contributed by atoms with Crippen LogP contribution in [0.1, 0.15) is 42.9 Å². The van der Waals surface area contributed by atoms with Gasteiger partial charge in [0.05, 0.1) is 11.1 Å². The van der Waals surface area contributed by atoms with Crippen molar-refractivity contribution in [2.24, 2.45) is 0 Å². The molecule has 0 aliphatic rings. The summed E-state index contributed by atoms with van der Waals surface area (Å²) in [6.45, 7) is 2.05. The summed E-state index contributed by atoms with van der Waals surface area (Å²) < 4.78 is 28.7. The highest BCUT2D eigenvalue weighted by Gasteiger charge is 2.18. The fourth-order valence-electron chi connectivity index (χ4n) is 2.55. The standard InChI is InChI=1S/C19H16F2N2/c1-2-3-4-6-13-9-10-16(19(21)18(13)20)15-8-5-7-14(11-22)17(15)12-23/h5,7-10H,2-4,6H2,1H3. The first kappa shape index (κ1) is 16.6. The first-order valence-corrected chi connectivity index (χ1v) is 7.54. The van der Waals surface area contributed by atoms with Gasteiger partial charge < -0.3 is 0 Å². The van der Waals surface area contributed by atoms with Crippen molar-refractivity contribution in [3.8, 4) is 23.3 Å². The van der Waals surface area contributed by atoms with E-state index in [9.17, 15) is 14.0 Å². The lowest BCUT2D eigenvalue weighted by molar-refractivity contribution is 0.498. The highest BCUT2D eigenvalue weighted by molar-refractivity contribution is 5.74. The van der Waals surface area contributed by atoms with Crippen molar-refractivity contribution in [1.29, 1.82) is 10.5 Å². The Kier molecular flexibility index (Phi) is 5.44. The first-order valence-electron chi connectivity index (χ1n) is 7.54. The van der Waals surface area contributed by atoms with Crippen molar-refractivity contribution in [2.45, 2.75) is 32.6 Å². The number of halogens is 2. The normalized spacial score (nSPS) is 10.1. The summed E-state index contributed by atoms with van der Waals surface area (Å²) in [5.41, 5.74) is 0.803. The van der Waals surface area contributed by atoms with Crippen LogP contribution in [0, 0.1) is 34.3 Å². The van der Waals surface area contributed by atoms with Gasteiger partial charge in [0, 0.05) is 11.1 Å². The zero-order chi connectivity index (χ0) is 16.8. The van der Waals surface area contributed by atoms with Crippen molar-refractivity contribution >= 4 is 0 Å². The molecule has 0 aliphatic carbocycles. The van der Waals surface area contributed by atoms with E-state index >= 15 is 0 Å². The van der Waals surface area contributed by atoms with E-state index in [1.807, 2.05) is 19.1 Å². The molecule has 4 heteroatoms. The lowest BCUT2D eigenvalue weighted by atomic mass is 9.94. The molecule has 0 N–H and O–H groups in total. The Labute approximate surface area is 134 Å². The maximum absolute atomic E-state index is 14.4. The van der Waals surface area contributed by atoms with E-state index in [-0.39, 0.29) is 22.3 Å². The van der Waals surface area contributed by atoms with E-state index in [4.69, 9.17) is 5.26 Å². The monoisotopic (exact) mass is 310 g/mol. The second-order valence-electron chi connectivity index (χ2n) is 5.31. The van der Waals surface area contributed by atoms with Gasteiger partial charge in [0.2, 0.25) is 0 Å². The van der Waals surface area contributed by atoms with E-state index in [0.717, 1.165) is 19.3 Å². The summed E-state index contributed by atoms with van der Waals surface area (Å²) in [5.74, 6) is -1.84. The number of rotatable bonds is 5. The largest absolute Gasteiger partial charge is 0.203 e. The lowest BCUT2D eigenvalue weighted by Gasteiger charge is -2.10. The van der Waals surface area contributed by atoms with Gasteiger partial charge in [-0.1, -0.05) is 44.0 Å². The molecular weight excluding hydrogens is 294 g/mol. The van der Waals surface area contributed by atoms with Crippen molar-refractivity contribution < 1.29 is 8.78 Å². The minimum atomic E-state index is -0.967. The molecule has 0 spiro atoms. The average molecular weight is 310 g/mol. The molecule has 23 heavy (non-hydrogen) atoms. The Bertz CT molecular complexity index is 798. The molecule has 2 aromatic rings. The number of unbranched alkanes of at least 4 members (excludes halogenated alkanes) is 2. The van der Waals surface area contributed by atoms with Gasteiger partial charge in [-0.05, 0) is 24.5 Å². The summed E-state index contributed by atoms with van der Waals surface area (Å²) in [5, 5.41) is 18.3. The number of nitriles is 2. The molecule has 0 unspecified atom stereocenters. The second kappa shape index (κ2) is 7.51. The molecule has 0 heterocycles. The zero-order valence-electron chi connectivity index (χ0n) is 12.9. The fraction of sp³-hybridized carbons (Fsp3) is 0.263. The van der Waals surface area contributed by atoms with Crippen LogP contribution < -0.4 is 0 Å². The van der Waals surface area contributed by atoms with Crippen LogP contribution in [-0.4, -0.2) is 0 Å². The predicted octanol–water partition coefficient (Wildman–Crippen LogP) is 5.11. The smallest absolute Gasteiger partial charge is 0.166 e. The van der Waals surface area contributed by atoms with E-state index in [1.165, 1.54) is 18.2 Å². The first-order chi connectivity index (χ1) is 11.1. The van der Waals surface area contributed by atoms with Gasteiger partial charge in [0.1, 0.15) is 12.1 Å². The molecule has 0 fully saturated rings. The molecule has 0 amide bonds. The van der Waals surface area contributed by atoms with E-state index in [1.54, 1.807) is 12.1 Å². The zero-order valence-corrected chi connectivity index (χ0v) is 12.9. The molecular formula is C19H16F2N2. The van der Waals surface area contributed by atoms with Gasteiger partial charge in [0.15, 0.2) is 11.6 Å². The molecule has 2 rings (SSSR count). The predicted molar refractivity (Wildman–Crippen MR) is 84.5 cm³/mol. The molecule has 0 bridgehead atoms. The summed E-state index contributed by atoms with van der Waals surface area (Å²) >= 11 is 0. The van der Waals surface area contributed by atoms with Crippen molar-refractivity contribution in [2.75, 3.05) is 0 Å². The number of hydrogen-bond donors (Lipinski definition) is 0. The van der Waals surface area contributed by atoms with Gasteiger partial charge in [0.25, 0.3) is 0 Å². The molecule has 0 aromatic heterocycles. The molecule has 0 aliphatic heterocycles. The minimum absolute atomic E-state index is 0.00962. The third kappa shape index (κ3) is 3.38. The lowest BCUT2D eigenvalue weighted by Crippen LogP contribution is -1.99. The molecule has 0 atom stereocenters. The van der Waals surface area contributed by atoms with Crippen LogP contribution in [0.3, 0.4) is 0 Å². The van der Waals surface area contributed by atoms with Crippen molar-refractivity contribution in [3.05, 3.63) is 58.7 Å². The van der Waals surface area contributed by atoms with Crippen LogP contribution >= 0.6 is 0 Å². The Morgan fingerprint density at radius 1 is 0.913 bits per heavy atom.